The molecule has 0 spiro atoms. The van der Waals surface area contributed by atoms with Gasteiger partial charge in [-0.3, -0.25) is 4.79 Å². The van der Waals surface area contributed by atoms with Gasteiger partial charge in [0.1, 0.15) is 0 Å². The average molecular weight is 361 g/mol. The molecule has 0 aliphatic carbocycles. The minimum absolute atomic E-state index is 0.152. The van der Waals surface area contributed by atoms with Crippen LogP contribution in [0.2, 0.25) is 0 Å². The second kappa shape index (κ2) is 8.74. The summed E-state index contributed by atoms with van der Waals surface area (Å²) in [6.45, 7) is 2.17. The first kappa shape index (κ1) is 18.3. The van der Waals surface area contributed by atoms with Crippen molar-refractivity contribution in [3.63, 3.8) is 0 Å². The van der Waals surface area contributed by atoms with Gasteiger partial charge < -0.3 is 4.43 Å². The van der Waals surface area contributed by atoms with Crippen LogP contribution >= 0.6 is 0 Å². The molecule has 0 N–H and O–H groups in total. The Labute approximate surface area is 156 Å². The van der Waals surface area contributed by atoms with Gasteiger partial charge >= 0.3 is 0 Å². The third-order valence-electron chi connectivity index (χ3n) is 4.52. The van der Waals surface area contributed by atoms with Crippen molar-refractivity contribution in [2.24, 2.45) is 0 Å². The van der Waals surface area contributed by atoms with E-state index in [2.05, 4.69) is 36.4 Å². The van der Waals surface area contributed by atoms with Crippen LogP contribution in [-0.2, 0) is 9.22 Å². The largest absolute Gasteiger partial charge is 0.397 e. The van der Waals surface area contributed by atoms with E-state index in [0.717, 1.165) is 22.0 Å². The van der Waals surface area contributed by atoms with Crippen molar-refractivity contribution >= 4 is 29.7 Å². The minimum Gasteiger partial charge on any atom is -0.397 e. The monoisotopic (exact) mass is 360 g/mol. The maximum Gasteiger partial charge on any atom is 0.288 e. The van der Waals surface area contributed by atoms with Crippen LogP contribution < -0.4 is 15.6 Å². The number of carbonyl (C=O) groups is 1. The SMILES string of the molecule is CCCC(=O)CO[Si](c1ccccc1)(c1ccccc1)c1ccccc1. The first-order valence-electron chi connectivity index (χ1n) is 9.09. The van der Waals surface area contributed by atoms with Crippen LogP contribution in [0, 0.1) is 0 Å². The van der Waals surface area contributed by atoms with Crippen LogP contribution in [0.25, 0.3) is 0 Å². The zero-order valence-electron chi connectivity index (χ0n) is 15.1. The predicted octanol–water partition coefficient (Wildman–Crippen LogP) is 3.04. The van der Waals surface area contributed by atoms with Crippen molar-refractivity contribution in [2.45, 2.75) is 19.8 Å². The highest BCUT2D eigenvalue weighted by Crippen LogP contribution is 2.10. The molecule has 26 heavy (non-hydrogen) atoms. The molecule has 2 nitrogen and oxygen atoms in total. The van der Waals surface area contributed by atoms with E-state index in [1.165, 1.54) is 0 Å². The quantitative estimate of drug-likeness (QED) is 0.456. The predicted molar refractivity (Wildman–Crippen MR) is 110 cm³/mol. The van der Waals surface area contributed by atoms with E-state index in [1.807, 2.05) is 61.5 Å². The van der Waals surface area contributed by atoms with Gasteiger partial charge in [0.05, 0.1) is 6.61 Å². The molecule has 3 aromatic rings. The number of carbonyl (C=O) groups excluding carboxylic acids is 1. The minimum atomic E-state index is -2.74. The number of hydrogen-bond donors (Lipinski definition) is 0. The Morgan fingerprint density at radius 3 is 1.46 bits per heavy atom. The average Bonchev–Trinajstić information content (AvgIpc) is 2.71. The molecule has 0 amide bonds. The lowest BCUT2D eigenvalue weighted by Crippen LogP contribution is -2.69. The van der Waals surface area contributed by atoms with Crippen molar-refractivity contribution in [1.29, 1.82) is 0 Å². The van der Waals surface area contributed by atoms with E-state index < -0.39 is 8.32 Å². The van der Waals surface area contributed by atoms with Gasteiger partial charge in [-0.05, 0) is 22.0 Å². The molecule has 0 atom stereocenters. The first-order chi connectivity index (χ1) is 12.8. The summed E-state index contributed by atoms with van der Waals surface area (Å²) >= 11 is 0. The first-order valence-corrected chi connectivity index (χ1v) is 11.0. The molecular formula is C23H24O2Si. The van der Waals surface area contributed by atoms with E-state index in [1.54, 1.807) is 0 Å². The summed E-state index contributed by atoms with van der Waals surface area (Å²) in [5.41, 5.74) is 0. The van der Waals surface area contributed by atoms with Gasteiger partial charge in [-0.25, -0.2) is 0 Å². The molecule has 3 heteroatoms. The van der Waals surface area contributed by atoms with Gasteiger partial charge in [0, 0.05) is 6.42 Å². The Hall–Kier alpha value is -2.49. The number of benzene rings is 3. The van der Waals surface area contributed by atoms with Gasteiger partial charge in [-0.2, -0.15) is 0 Å². The zero-order chi connectivity index (χ0) is 18.2. The van der Waals surface area contributed by atoms with Crippen LogP contribution in [0.5, 0.6) is 0 Å². The van der Waals surface area contributed by atoms with Crippen LogP contribution in [0.1, 0.15) is 19.8 Å². The maximum atomic E-state index is 12.3. The smallest absolute Gasteiger partial charge is 0.288 e. The van der Waals surface area contributed by atoms with Crippen molar-refractivity contribution in [3.05, 3.63) is 91.0 Å². The molecule has 0 radical (unpaired) electrons. The molecule has 0 aliphatic rings. The number of Topliss-reactive ketones (excluding diaryl/α,β-unsaturated/α-hetero) is 1. The molecule has 0 heterocycles. The fraction of sp³-hybridized carbons (Fsp3) is 0.174. The van der Waals surface area contributed by atoms with Gasteiger partial charge in [0.2, 0.25) is 0 Å². The molecule has 0 aliphatic heterocycles. The fourth-order valence-corrected chi connectivity index (χ4v) is 7.17. The van der Waals surface area contributed by atoms with Crippen molar-refractivity contribution < 1.29 is 9.22 Å². The Balaban J connectivity index is 2.16. The Bertz CT molecular complexity index is 720. The molecular weight excluding hydrogens is 336 g/mol. The van der Waals surface area contributed by atoms with Crippen LogP contribution in [0.4, 0.5) is 0 Å². The Kier molecular flexibility index (Phi) is 6.15. The second-order valence-corrected chi connectivity index (χ2v) is 9.74. The fourth-order valence-electron chi connectivity index (χ4n) is 3.31. The highest BCUT2D eigenvalue weighted by molar-refractivity contribution is 7.07. The lowest BCUT2D eigenvalue weighted by molar-refractivity contribution is -0.121. The summed E-state index contributed by atoms with van der Waals surface area (Å²) in [6, 6.07) is 31.0. The standard InChI is InChI=1S/C23H24O2Si/c1-2-12-20(24)19-25-26(21-13-6-3-7-14-21,22-15-8-4-9-16-22)23-17-10-5-11-18-23/h3-11,13-18H,2,12,19H2,1H3. The van der Waals surface area contributed by atoms with E-state index in [9.17, 15) is 4.79 Å². The van der Waals surface area contributed by atoms with Gasteiger partial charge in [0.25, 0.3) is 8.32 Å². The summed E-state index contributed by atoms with van der Waals surface area (Å²) in [5.74, 6) is 0.159. The van der Waals surface area contributed by atoms with Crippen LogP contribution in [-0.4, -0.2) is 20.7 Å². The van der Waals surface area contributed by atoms with E-state index in [-0.39, 0.29) is 12.4 Å². The molecule has 0 aromatic heterocycles. The lowest BCUT2D eigenvalue weighted by atomic mass is 10.2. The maximum absolute atomic E-state index is 12.3. The van der Waals surface area contributed by atoms with Gasteiger partial charge in [0.15, 0.2) is 5.78 Å². The molecule has 0 saturated carbocycles. The van der Waals surface area contributed by atoms with E-state index >= 15 is 0 Å². The zero-order valence-corrected chi connectivity index (χ0v) is 16.1. The molecule has 0 saturated heterocycles. The highest BCUT2D eigenvalue weighted by atomic mass is 28.4. The Morgan fingerprint density at radius 1 is 0.731 bits per heavy atom. The normalized spacial score (nSPS) is 11.3. The molecule has 0 bridgehead atoms. The van der Waals surface area contributed by atoms with Crippen molar-refractivity contribution in [3.8, 4) is 0 Å². The van der Waals surface area contributed by atoms with E-state index in [0.29, 0.717) is 6.42 Å². The van der Waals surface area contributed by atoms with Crippen LogP contribution in [0.3, 0.4) is 0 Å². The molecule has 132 valence electrons. The lowest BCUT2D eigenvalue weighted by Gasteiger charge is -2.32. The molecule has 3 aromatic carbocycles. The number of hydrogen-bond acceptors (Lipinski definition) is 2. The van der Waals surface area contributed by atoms with Gasteiger partial charge in [-0.1, -0.05) is 97.9 Å². The summed E-state index contributed by atoms with van der Waals surface area (Å²) < 4.78 is 6.59. The number of rotatable bonds is 8. The molecule has 3 rings (SSSR count). The molecule has 0 unspecified atom stereocenters. The summed E-state index contributed by atoms with van der Waals surface area (Å²) in [6.07, 6.45) is 1.40. The highest BCUT2D eigenvalue weighted by Gasteiger charge is 2.42. The van der Waals surface area contributed by atoms with Gasteiger partial charge in [-0.15, -0.1) is 0 Å². The topological polar surface area (TPSA) is 26.3 Å². The summed E-state index contributed by atoms with van der Waals surface area (Å²) in [4.78, 5) is 12.3. The van der Waals surface area contributed by atoms with Crippen LogP contribution in [0.15, 0.2) is 91.0 Å². The van der Waals surface area contributed by atoms with E-state index in [4.69, 9.17) is 4.43 Å². The third-order valence-corrected chi connectivity index (χ3v) is 8.54. The summed E-state index contributed by atoms with van der Waals surface area (Å²) in [7, 11) is -2.74. The Morgan fingerprint density at radius 2 is 1.12 bits per heavy atom. The number of ketones is 1. The van der Waals surface area contributed by atoms with Crippen molar-refractivity contribution in [1.82, 2.24) is 0 Å². The second-order valence-electron chi connectivity index (χ2n) is 6.36. The summed E-state index contributed by atoms with van der Waals surface area (Å²) in [5, 5.41) is 3.46. The third kappa shape index (κ3) is 3.84. The molecule has 0 fully saturated rings. The van der Waals surface area contributed by atoms with Crippen molar-refractivity contribution in [2.75, 3.05) is 6.61 Å².